The van der Waals surface area contributed by atoms with Gasteiger partial charge < -0.3 is 9.64 Å². The maximum Gasteiger partial charge on any atom is 0.307 e. The zero-order chi connectivity index (χ0) is 12.1. The van der Waals surface area contributed by atoms with E-state index in [4.69, 9.17) is 4.74 Å². The van der Waals surface area contributed by atoms with Gasteiger partial charge in [0.2, 0.25) is 5.91 Å². The summed E-state index contributed by atoms with van der Waals surface area (Å²) in [4.78, 5) is 26.5. The average molecular weight is 228 g/mol. The summed E-state index contributed by atoms with van der Waals surface area (Å²) in [7, 11) is 3.68. The molecule has 0 aromatic carbocycles. The third-order valence-corrected chi connectivity index (χ3v) is 2.91. The third kappa shape index (κ3) is 3.20. The molecule has 1 amide bonds. The van der Waals surface area contributed by atoms with Crippen molar-refractivity contribution in [2.45, 2.75) is 25.8 Å². The minimum atomic E-state index is -0.201. The highest BCUT2D eigenvalue weighted by Crippen LogP contribution is 2.14. The molecule has 1 atom stereocenters. The molecule has 1 rings (SSSR count). The van der Waals surface area contributed by atoms with Gasteiger partial charge in [-0.1, -0.05) is 0 Å². The Morgan fingerprint density at radius 1 is 1.62 bits per heavy atom. The lowest BCUT2D eigenvalue weighted by Crippen LogP contribution is -2.39. The lowest BCUT2D eigenvalue weighted by Gasteiger charge is -2.22. The van der Waals surface area contributed by atoms with Gasteiger partial charge in [0.1, 0.15) is 0 Å². The highest BCUT2D eigenvalue weighted by Gasteiger charge is 2.32. The van der Waals surface area contributed by atoms with E-state index in [-0.39, 0.29) is 17.9 Å². The second-order valence-corrected chi connectivity index (χ2v) is 4.10. The Morgan fingerprint density at radius 2 is 2.31 bits per heavy atom. The summed E-state index contributed by atoms with van der Waals surface area (Å²) in [6, 6.07) is -0.0700. The molecule has 0 N–H and O–H groups in total. The summed E-state index contributed by atoms with van der Waals surface area (Å²) in [5.74, 6) is -0.0560. The lowest BCUT2D eigenvalue weighted by molar-refractivity contribution is -0.144. The van der Waals surface area contributed by atoms with Crippen LogP contribution >= 0.6 is 0 Å². The Labute approximate surface area is 96.3 Å². The molecular formula is C11H20N2O3. The van der Waals surface area contributed by atoms with Gasteiger partial charge >= 0.3 is 5.97 Å². The van der Waals surface area contributed by atoms with Crippen LogP contribution in [-0.4, -0.2) is 61.5 Å². The average Bonchev–Trinajstić information content (AvgIpc) is 2.57. The molecule has 5 heteroatoms. The van der Waals surface area contributed by atoms with Crippen LogP contribution in [0, 0.1) is 0 Å². The van der Waals surface area contributed by atoms with Gasteiger partial charge in [-0.05, 0) is 20.4 Å². The number of likely N-dealkylation sites (N-methyl/N-ethyl adjacent to an activating group) is 2. The summed E-state index contributed by atoms with van der Waals surface area (Å²) in [5, 5.41) is 0. The summed E-state index contributed by atoms with van der Waals surface area (Å²) < 4.78 is 4.84. The van der Waals surface area contributed by atoms with E-state index in [1.807, 2.05) is 19.0 Å². The first-order valence-corrected chi connectivity index (χ1v) is 5.67. The number of carbonyl (C=O) groups is 2. The molecule has 1 aliphatic rings. The molecule has 5 nitrogen and oxygen atoms in total. The van der Waals surface area contributed by atoms with Crippen LogP contribution in [0.25, 0.3) is 0 Å². The van der Waals surface area contributed by atoms with Gasteiger partial charge in [0.25, 0.3) is 0 Å². The minimum absolute atomic E-state index is 0.0700. The second-order valence-electron chi connectivity index (χ2n) is 4.10. The maximum atomic E-state index is 11.7. The SMILES string of the molecule is CCOC(=O)CCN(C)C1CCN(C)C1=O. The first kappa shape index (κ1) is 13.0. The molecule has 0 aromatic heterocycles. The summed E-state index contributed by atoms with van der Waals surface area (Å²) in [6.07, 6.45) is 1.19. The van der Waals surface area contributed by atoms with Crippen LogP contribution in [0.15, 0.2) is 0 Å². The summed E-state index contributed by atoms with van der Waals surface area (Å²) in [6.45, 7) is 3.57. The monoisotopic (exact) mass is 228 g/mol. The van der Waals surface area contributed by atoms with E-state index in [1.165, 1.54) is 0 Å². The van der Waals surface area contributed by atoms with Gasteiger partial charge in [-0.15, -0.1) is 0 Å². The van der Waals surface area contributed by atoms with Crippen molar-refractivity contribution in [3.05, 3.63) is 0 Å². The van der Waals surface area contributed by atoms with Crippen LogP contribution in [0.2, 0.25) is 0 Å². The van der Waals surface area contributed by atoms with Crippen LogP contribution in [0.5, 0.6) is 0 Å². The molecule has 1 unspecified atom stereocenters. The predicted octanol–water partition coefficient (Wildman–Crippen LogP) is 0.102. The molecule has 1 saturated heterocycles. The van der Waals surface area contributed by atoms with E-state index >= 15 is 0 Å². The van der Waals surface area contributed by atoms with Gasteiger partial charge in [0, 0.05) is 20.1 Å². The molecule has 1 aliphatic heterocycles. The van der Waals surface area contributed by atoms with Gasteiger partial charge in [0.05, 0.1) is 19.1 Å². The fourth-order valence-electron chi connectivity index (χ4n) is 1.87. The standard InChI is InChI=1S/C11H20N2O3/c1-4-16-10(14)6-8-12(2)9-5-7-13(3)11(9)15/h9H,4-8H2,1-3H3. The molecule has 92 valence electrons. The maximum absolute atomic E-state index is 11.7. The van der Waals surface area contributed by atoms with E-state index < -0.39 is 0 Å². The third-order valence-electron chi connectivity index (χ3n) is 2.91. The molecule has 0 radical (unpaired) electrons. The van der Waals surface area contributed by atoms with Crippen molar-refractivity contribution < 1.29 is 14.3 Å². The number of ether oxygens (including phenoxy) is 1. The summed E-state index contributed by atoms with van der Waals surface area (Å²) in [5.41, 5.74) is 0. The normalized spacial score (nSPS) is 20.6. The van der Waals surface area contributed by atoms with Crippen molar-refractivity contribution in [2.75, 3.05) is 33.8 Å². The molecule has 1 heterocycles. The fourth-order valence-corrected chi connectivity index (χ4v) is 1.87. The number of esters is 1. The van der Waals surface area contributed by atoms with Crippen LogP contribution in [0.1, 0.15) is 19.8 Å². The number of rotatable bonds is 5. The van der Waals surface area contributed by atoms with E-state index in [1.54, 1.807) is 11.8 Å². The van der Waals surface area contributed by atoms with Crippen molar-refractivity contribution >= 4 is 11.9 Å². The first-order chi connectivity index (χ1) is 7.56. The summed E-state index contributed by atoms with van der Waals surface area (Å²) >= 11 is 0. The Hall–Kier alpha value is -1.10. The van der Waals surface area contributed by atoms with Gasteiger partial charge in [-0.2, -0.15) is 0 Å². The Kier molecular flexibility index (Phi) is 4.73. The molecule has 1 fully saturated rings. The Balaban J connectivity index is 2.33. The van der Waals surface area contributed by atoms with E-state index in [2.05, 4.69) is 0 Å². The van der Waals surface area contributed by atoms with E-state index in [0.29, 0.717) is 19.6 Å². The van der Waals surface area contributed by atoms with E-state index in [0.717, 1.165) is 13.0 Å². The molecular weight excluding hydrogens is 208 g/mol. The molecule has 0 aromatic rings. The molecule has 0 saturated carbocycles. The van der Waals surface area contributed by atoms with Crippen molar-refractivity contribution in [2.24, 2.45) is 0 Å². The molecule has 0 bridgehead atoms. The quantitative estimate of drug-likeness (QED) is 0.626. The number of nitrogens with zero attached hydrogens (tertiary/aromatic N) is 2. The van der Waals surface area contributed by atoms with E-state index in [9.17, 15) is 9.59 Å². The number of carbonyl (C=O) groups excluding carboxylic acids is 2. The molecule has 0 spiro atoms. The second kappa shape index (κ2) is 5.84. The lowest BCUT2D eigenvalue weighted by atomic mass is 10.2. The number of hydrogen-bond donors (Lipinski definition) is 0. The van der Waals surface area contributed by atoms with Crippen molar-refractivity contribution in [1.29, 1.82) is 0 Å². The van der Waals surface area contributed by atoms with Gasteiger partial charge in [0.15, 0.2) is 0 Å². The topological polar surface area (TPSA) is 49.9 Å². The van der Waals surface area contributed by atoms with Crippen LogP contribution in [-0.2, 0) is 14.3 Å². The van der Waals surface area contributed by atoms with Crippen molar-refractivity contribution in [1.82, 2.24) is 9.80 Å². The Morgan fingerprint density at radius 3 is 2.81 bits per heavy atom. The van der Waals surface area contributed by atoms with Crippen LogP contribution < -0.4 is 0 Å². The van der Waals surface area contributed by atoms with Crippen LogP contribution in [0.4, 0.5) is 0 Å². The van der Waals surface area contributed by atoms with Gasteiger partial charge in [-0.25, -0.2) is 0 Å². The van der Waals surface area contributed by atoms with Crippen LogP contribution in [0.3, 0.4) is 0 Å². The number of amides is 1. The minimum Gasteiger partial charge on any atom is -0.466 e. The van der Waals surface area contributed by atoms with Gasteiger partial charge in [-0.3, -0.25) is 14.5 Å². The predicted molar refractivity (Wildman–Crippen MR) is 59.9 cm³/mol. The zero-order valence-electron chi connectivity index (χ0n) is 10.2. The Bertz CT molecular complexity index is 268. The highest BCUT2D eigenvalue weighted by atomic mass is 16.5. The first-order valence-electron chi connectivity index (χ1n) is 5.67. The zero-order valence-corrected chi connectivity index (χ0v) is 10.2. The highest BCUT2D eigenvalue weighted by molar-refractivity contribution is 5.83. The molecule has 16 heavy (non-hydrogen) atoms. The van der Waals surface area contributed by atoms with Crippen molar-refractivity contribution in [3.63, 3.8) is 0 Å². The number of likely N-dealkylation sites (tertiary alicyclic amines) is 1. The molecule has 0 aliphatic carbocycles. The largest absolute Gasteiger partial charge is 0.466 e. The fraction of sp³-hybridized carbons (Fsp3) is 0.818. The van der Waals surface area contributed by atoms with Crippen molar-refractivity contribution in [3.8, 4) is 0 Å². The smallest absolute Gasteiger partial charge is 0.307 e. The number of hydrogen-bond acceptors (Lipinski definition) is 4.